The maximum Gasteiger partial charge on any atom is 0.335 e. The predicted molar refractivity (Wildman–Crippen MR) is 80.2 cm³/mol. The summed E-state index contributed by atoms with van der Waals surface area (Å²) < 4.78 is 2.18. The van der Waals surface area contributed by atoms with E-state index in [0.717, 1.165) is 30.8 Å². The highest BCUT2D eigenvalue weighted by molar-refractivity contribution is 5.88. The number of anilines is 1. The lowest BCUT2D eigenvalue weighted by molar-refractivity contribution is 0.0697. The van der Waals surface area contributed by atoms with Gasteiger partial charge in [0, 0.05) is 31.2 Å². The third-order valence-electron chi connectivity index (χ3n) is 3.25. The molecule has 0 aliphatic heterocycles. The number of aromatic carboxylic acids is 1. The molecule has 106 valence electrons. The van der Waals surface area contributed by atoms with Gasteiger partial charge in [0.25, 0.3) is 0 Å². The first-order valence-corrected chi connectivity index (χ1v) is 6.82. The van der Waals surface area contributed by atoms with Crippen LogP contribution in [0.2, 0.25) is 0 Å². The van der Waals surface area contributed by atoms with Crippen LogP contribution in [-0.2, 0) is 13.1 Å². The summed E-state index contributed by atoms with van der Waals surface area (Å²) >= 11 is 0. The summed E-state index contributed by atoms with van der Waals surface area (Å²) in [6.07, 6.45) is 5.34. The van der Waals surface area contributed by atoms with Gasteiger partial charge in [-0.2, -0.15) is 0 Å². The molecular formula is C16H20N2O2. The number of carboxylic acid groups (broad SMARTS) is 1. The molecule has 0 saturated heterocycles. The number of nitrogens with zero attached hydrogens (tertiary/aromatic N) is 1. The molecule has 20 heavy (non-hydrogen) atoms. The van der Waals surface area contributed by atoms with Crippen LogP contribution in [0.4, 0.5) is 5.69 Å². The van der Waals surface area contributed by atoms with E-state index < -0.39 is 5.97 Å². The van der Waals surface area contributed by atoms with Crippen LogP contribution in [0, 0.1) is 6.92 Å². The first-order valence-electron chi connectivity index (χ1n) is 6.82. The molecule has 4 nitrogen and oxygen atoms in total. The van der Waals surface area contributed by atoms with E-state index in [4.69, 9.17) is 5.11 Å². The maximum absolute atomic E-state index is 10.9. The molecule has 0 aliphatic rings. The highest BCUT2D eigenvalue weighted by Gasteiger charge is 2.05. The largest absolute Gasteiger partial charge is 0.478 e. The lowest BCUT2D eigenvalue weighted by Gasteiger charge is -2.09. The number of carbonyl (C=O) groups is 1. The molecule has 4 heteroatoms. The van der Waals surface area contributed by atoms with E-state index in [1.807, 2.05) is 13.0 Å². The Labute approximate surface area is 119 Å². The molecule has 0 spiro atoms. The molecule has 1 aromatic carbocycles. The highest BCUT2D eigenvalue weighted by Crippen LogP contribution is 2.17. The zero-order valence-electron chi connectivity index (χ0n) is 11.9. The second-order valence-electron chi connectivity index (χ2n) is 4.95. The maximum atomic E-state index is 10.9. The summed E-state index contributed by atoms with van der Waals surface area (Å²) in [5.74, 6) is -0.892. The smallest absolute Gasteiger partial charge is 0.335 e. The van der Waals surface area contributed by atoms with Gasteiger partial charge in [0.1, 0.15) is 0 Å². The summed E-state index contributed by atoms with van der Waals surface area (Å²) in [5.41, 5.74) is 3.46. The van der Waals surface area contributed by atoms with Crippen molar-refractivity contribution in [1.29, 1.82) is 0 Å². The molecule has 0 unspecified atom stereocenters. The van der Waals surface area contributed by atoms with Crippen LogP contribution in [0.1, 0.15) is 34.8 Å². The topological polar surface area (TPSA) is 54.3 Å². The second-order valence-corrected chi connectivity index (χ2v) is 4.95. The number of benzene rings is 1. The van der Waals surface area contributed by atoms with Gasteiger partial charge in [0.05, 0.1) is 5.56 Å². The molecule has 0 amide bonds. The fraction of sp³-hybridized carbons (Fsp3) is 0.312. The summed E-state index contributed by atoms with van der Waals surface area (Å²) in [4.78, 5) is 10.9. The third kappa shape index (κ3) is 3.41. The number of aromatic nitrogens is 1. The van der Waals surface area contributed by atoms with Crippen LogP contribution in [0.5, 0.6) is 0 Å². The van der Waals surface area contributed by atoms with Crippen LogP contribution in [0.15, 0.2) is 36.7 Å². The van der Waals surface area contributed by atoms with Crippen LogP contribution in [0.25, 0.3) is 0 Å². The highest BCUT2D eigenvalue weighted by atomic mass is 16.4. The molecule has 0 bridgehead atoms. The minimum atomic E-state index is -0.892. The fourth-order valence-corrected chi connectivity index (χ4v) is 2.18. The molecule has 0 aliphatic carbocycles. The summed E-state index contributed by atoms with van der Waals surface area (Å²) in [7, 11) is 0. The Hall–Kier alpha value is -2.23. The van der Waals surface area contributed by atoms with Crippen molar-refractivity contribution >= 4 is 11.7 Å². The standard InChI is InChI=1S/C16H20N2O2/c1-3-7-18-8-6-13(11-18)10-17-15-5-4-14(16(19)20)9-12(15)2/h4-6,8-9,11,17H,3,7,10H2,1-2H3,(H,19,20). The zero-order valence-corrected chi connectivity index (χ0v) is 11.9. The van der Waals surface area contributed by atoms with Gasteiger partial charge in [-0.15, -0.1) is 0 Å². The number of aryl methyl sites for hydroxylation is 2. The van der Waals surface area contributed by atoms with Crippen molar-refractivity contribution in [3.63, 3.8) is 0 Å². The molecule has 1 heterocycles. The number of hydrogen-bond donors (Lipinski definition) is 2. The summed E-state index contributed by atoms with van der Waals surface area (Å²) in [5, 5.41) is 12.3. The molecule has 1 aromatic heterocycles. The minimum absolute atomic E-state index is 0.321. The average molecular weight is 272 g/mol. The monoisotopic (exact) mass is 272 g/mol. The SMILES string of the molecule is CCCn1ccc(CNc2ccc(C(=O)O)cc2C)c1. The van der Waals surface area contributed by atoms with Crippen LogP contribution in [0.3, 0.4) is 0 Å². The fourth-order valence-electron chi connectivity index (χ4n) is 2.18. The minimum Gasteiger partial charge on any atom is -0.478 e. The van der Waals surface area contributed by atoms with Crippen molar-refractivity contribution in [3.05, 3.63) is 53.3 Å². The van der Waals surface area contributed by atoms with Crippen molar-refractivity contribution in [2.24, 2.45) is 0 Å². The second kappa shape index (κ2) is 6.28. The van der Waals surface area contributed by atoms with Gasteiger partial charge in [0.2, 0.25) is 0 Å². The van der Waals surface area contributed by atoms with E-state index in [9.17, 15) is 4.79 Å². The molecule has 0 radical (unpaired) electrons. The Morgan fingerprint density at radius 3 is 2.80 bits per heavy atom. The van der Waals surface area contributed by atoms with Crippen molar-refractivity contribution in [3.8, 4) is 0 Å². The van der Waals surface area contributed by atoms with Crippen molar-refractivity contribution in [1.82, 2.24) is 4.57 Å². The van der Waals surface area contributed by atoms with Gasteiger partial charge >= 0.3 is 5.97 Å². The van der Waals surface area contributed by atoms with Crippen molar-refractivity contribution in [2.75, 3.05) is 5.32 Å². The van der Waals surface area contributed by atoms with Crippen molar-refractivity contribution < 1.29 is 9.90 Å². The van der Waals surface area contributed by atoms with E-state index >= 15 is 0 Å². The quantitative estimate of drug-likeness (QED) is 0.846. The van der Waals surface area contributed by atoms with Gasteiger partial charge in [-0.1, -0.05) is 6.92 Å². The van der Waals surface area contributed by atoms with E-state index in [1.165, 1.54) is 5.56 Å². The van der Waals surface area contributed by atoms with E-state index in [1.54, 1.807) is 12.1 Å². The molecule has 0 saturated carbocycles. The first kappa shape index (κ1) is 14.2. The Morgan fingerprint density at radius 1 is 1.35 bits per heavy atom. The molecular weight excluding hydrogens is 252 g/mol. The van der Waals surface area contributed by atoms with E-state index in [2.05, 4.69) is 35.3 Å². The Balaban J connectivity index is 2.01. The molecule has 2 rings (SSSR count). The predicted octanol–water partition coefficient (Wildman–Crippen LogP) is 3.52. The number of nitrogens with one attached hydrogen (secondary N) is 1. The first-order chi connectivity index (χ1) is 9.60. The van der Waals surface area contributed by atoms with Gasteiger partial charge in [-0.05, 0) is 48.7 Å². The van der Waals surface area contributed by atoms with E-state index in [-0.39, 0.29) is 0 Å². The lowest BCUT2D eigenvalue weighted by atomic mass is 10.1. The zero-order chi connectivity index (χ0) is 14.5. The van der Waals surface area contributed by atoms with E-state index in [0.29, 0.717) is 5.56 Å². The average Bonchev–Trinajstić information content (AvgIpc) is 2.85. The summed E-state index contributed by atoms with van der Waals surface area (Å²) in [6, 6.07) is 7.23. The van der Waals surface area contributed by atoms with Gasteiger partial charge in [-0.3, -0.25) is 0 Å². The Kier molecular flexibility index (Phi) is 4.45. The third-order valence-corrected chi connectivity index (χ3v) is 3.25. The van der Waals surface area contributed by atoms with Gasteiger partial charge in [-0.25, -0.2) is 4.79 Å². The van der Waals surface area contributed by atoms with Crippen LogP contribution >= 0.6 is 0 Å². The number of rotatable bonds is 6. The van der Waals surface area contributed by atoms with Crippen LogP contribution in [-0.4, -0.2) is 15.6 Å². The summed E-state index contributed by atoms with van der Waals surface area (Å²) in [6.45, 7) is 5.85. The lowest BCUT2D eigenvalue weighted by Crippen LogP contribution is -2.03. The Morgan fingerprint density at radius 2 is 2.15 bits per heavy atom. The number of carboxylic acids is 1. The molecule has 2 N–H and O–H groups in total. The van der Waals surface area contributed by atoms with Crippen LogP contribution < -0.4 is 5.32 Å². The normalized spacial score (nSPS) is 10.5. The van der Waals surface area contributed by atoms with Crippen molar-refractivity contribution in [2.45, 2.75) is 33.4 Å². The molecule has 2 aromatic rings. The molecule has 0 fully saturated rings. The number of hydrogen-bond acceptors (Lipinski definition) is 2. The van der Waals surface area contributed by atoms with Gasteiger partial charge in [0.15, 0.2) is 0 Å². The Bertz CT molecular complexity index is 602. The molecule has 0 atom stereocenters. The van der Waals surface area contributed by atoms with Gasteiger partial charge < -0.3 is 15.0 Å².